The molecule has 7 heteroatoms. The number of benzene rings is 1. The van der Waals surface area contributed by atoms with E-state index in [2.05, 4.69) is 10.2 Å². The van der Waals surface area contributed by atoms with E-state index in [0.29, 0.717) is 24.3 Å². The highest BCUT2D eigenvalue weighted by Crippen LogP contribution is 2.17. The van der Waals surface area contributed by atoms with E-state index in [4.69, 9.17) is 0 Å². The van der Waals surface area contributed by atoms with E-state index >= 15 is 0 Å². The predicted molar refractivity (Wildman–Crippen MR) is 90.6 cm³/mol. The summed E-state index contributed by atoms with van der Waals surface area (Å²) in [5, 5.41) is 8.44. The van der Waals surface area contributed by atoms with E-state index < -0.39 is 0 Å². The Balaban J connectivity index is 1.97. The third kappa shape index (κ3) is 2.92. The van der Waals surface area contributed by atoms with Crippen molar-refractivity contribution in [2.75, 3.05) is 13.1 Å². The Morgan fingerprint density at radius 1 is 1.17 bits per heavy atom. The number of nitrogens with zero attached hydrogens (tertiary/aromatic N) is 5. The van der Waals surface area contributed by atoms with Crippen molar-refractivity contribution in [2.45, 2.75) is 20.4 Å². The van der Waals surface area contributed by atoms with Crippen LogP contribution in [-0.2, 0) is 11.3 Å². The molecular weight excluding hydrogens is 306 g/mol. The SMILES string of the molecule is CCN(CC)C(=O)Cn1ncn2nc(-c3ccccc3)cc2c1=O. The molecule has 0 saturated heterocycles. The van der Waals surface area contributed by atoms with Gasteiger partial charge < -0.3 is 4.90 Å². The average molecular weight is 325 g/mol. The summed E-state index contributed by atoms with van der Waals surface area (Å²) >= 11 is 0. The Bertz CT molecular complexity index is 910. The van der Waals surface area contributed by atoms with Crippen LogP contribution in [0.5, 0.6) is 0 Å². The van der Waals surface area contributed by atoms with Crippen molar-refractivity contribution in [1.82, 2.24) is 24.3 Å². The summed E-state index contributed by atoms with van der Waals surface area (Å²) in [5.41, 5.74) is 1.69. The number of fused-ring (bicyclic) bond motifs is 1. The lowest BCUT2D eigenvalue weighted by atomic mass is 10.1. The zero-order valence-electron chi connectivity index (χ0n) is 13.7. The number of aromatic nitrogens is 4. The second kappa shape index (κ2) is 6.66. The highest BCUT2D eigenvalue weighted by atomic mass is 16.2. The van der Waals surface area contributed by atoms with Gasteiger partial charge in [0.1, 0.15) is 18.4 Å². The molecule has 1 aromatic carbocycles. The second-order valence-corrected chi connectivity index (χ2v) is 5.39. The number of carbonyl (C=O) groups excluding carboxylic acids is 1. The lowest BCUT2D eigenvalue weighted by Crippen LogP contribution is -2.37. The first kappa shape index (κ1) is 15.9. The molecule has 0 radical (unpaired) electrons. The van der Waals surface area contributed by atoms with Gasteiger partial charge in [-0.3, -0.25) is 9.59 Å². The van der Waals surface area contributed by atoms with Gasteiger partial charge in [0.05, 0.1) is 5.69 Å². The molecule has 0 bridgehead atoms. The molecule has 3 rings (SSSR count). The number of hydrogen-bond acceptors (Lipinski definition) is 4. The summed E-state index contributed by atoms with van der Waals surface area (Å²) in [6, 6.07) is 11.3. The minimum Gasteiger partial charge on any atom is -0.342 e. The third-order valence-corrected chi connectivity index (χ3v) is 3.96. The van der Waals surface area contributed by atoms with Gasteiger partial charge in [-0.2, -0.15) is 10.2 Å². The summed E-state index contributed by atoms with van der Waals surface area (Å²) in [4.78, 5) is 26.4. The summed E-state index contributed by atoms with van der Waals surface area (Å²) in [7, 11) is 0. The summed E-state index contributed by atoms with van der Waals surface area (Å²) in [6.45, 7) is 4.96. The Hall–Kier alpha value is -2.96. The Labute approximate surface area is 139 Å². The van der Waals surface area contributed by atoms with Crippen LogP contribution < -0.4 is 5.56 Å². The molecule has 0 saturated carbocycles. The monoisotopic (exact) mass is 325 g/mol. The van der Waals surface area contributed by atoms with Crippen molar-refractivity contribution in [2.24, 2.45) is 0 Å². The zero-order valence-corrected chi connectivity index (χ0v) is 13.7. The molecule has 1 amide bonds. The number of likely N-dealkylation sites (N-methyl/N-ethyl adjacent to an activating group) is 1. The molecule has 2 aromatic heterocycles. The standard InChI is InChI=1S/C17H19N5O2/c1-3-20(4-2)16(23)11-21-17(24)15-10-14(19-22(15)12-18-21)13-8-6-5-7-9-13/h5-10,12H,3-4,11H2,1-2H3. The van der Waals surface area contributed by atoms with Crippen molar-refractivity contribution in [3.63, 3.8) is 0 Å². The smallest absolute Gasteiger partial charge is 0.293 e. The van der Waals surface area contributed by atoms with Crippen LogP contribution in [0.4, 0.5) is 0 Å². The number of amides is 1. The largest absolute Gasteiger partial charge is 0.342 e. The van der Waals surface area contributed by atoms with Crippen LogP contribution in [0, 0.1) is 0 Å². The van der Waals surface area contributed by atoms with Crippen molar-refractivity contribution in [1.29, 1.82) is 0 Å². The van der Waals surface area contributed by atoms with Crippen molar-refractivity contribution in [3.05, 3.63) is 53.1 Å². The van der Waals surface area contributed by atoms with Crippen molar-refractivity contribution < 1.29 is 4.79 Å². The van der Waals surface area contributed by atoms with E-state index in [1.165, 1.54) is 15.5 Å². The fraction of sp³-hybridized carbons (Fsp3) is 0.294. The van der Waals surface area contributed by atoms with Crippen molar-refractivity contribution >= 4 is 11.4 Å². The van der Waals surface area contributed by atoms with E-state index in [1.807, 2.05) is 44.2 Å². The van der Waals surface area contributed by atoms with Gasteiger partial charge in [-0.25, -0.2) is 9.20 Å². The third-order valence-electron chi connectivity index (χ3n) is 3.96. The summed E-state index contributed by atoms with van der Waals surface area (Å²) < 4.78 is 2.63. The van der Waals surface area contributed by atoms with Gasteiger partial charge in [-0.15, -0.1) is 0 Å². The van der Waals surface area contributed by atoms with E-state index in [0.717, 1.165) is 5.56 Å². The fourth-order valence-corrected chi connectivity index (χ4v) is 2.61. The molecule has 0 aliphatic rings. The maximum Gasteiger partial charge on any atom is 0.293 e. The second-order valence-electron chi connectivity index (χ2n) is 5.39. The van der Waals surface area contributed by atoms with E-state index in [-0.39, 0.29) is 18.0 Å². The molecule has 0 N–H and O–H groups in total. The zero-order chi connectivity index (χ0) is 17.1. The quantitative estimate of drug-likeness (QED) is 0.711. The first-order valence-electron chi connectivity index (χ1n) is 7.92. The number of rotatable bonds is 5. The molecule has 2 heterocycles. The minimum absolute atomic E-state index is 0.0666. The number of hydrogen-bond donors (Lipinski definition) is 0. The number of carbonyl (C=O) groups is 1. The van der Waals surface area contributed by atoms with E-state index in [1.54, 1.807) is 11.0 Å². The summed E-state index contributed by atoms with van der Waals surface area (Å²) in [6.07, 6.45) is 1.46. The molecule has 3 aromatic rings. The van der Waals surface area contributed by atoms with Gasteiger partial charge in [-0.1, -0.05) is 30.3 Å². The molecule has 0 aliphatic carbocycles. The Kier molecular flexibility index (Phi) is 4.41. The molecule has 0 aliphatic heterocycles. The van der Waals surface area contributed by atoms with Crippen LogP contribution >= 0.6 is 0 Å². The van der Waals surface area contributed by atoms with Crippen LogP contribution in [0.3, 0.4) is 0 Å². The highest BCUT2D eigenvalue weighted by Gasteiger charge is 2.14. The molecular formula is C17H19N5O2. The van der Waals surface area contributed by atoms with Gasteiger partial charge in [0.15, 0.2) is 0 Å². The molecule has 124 valence electrons. The maximum absolute atomic E-state index is 12.6. The van der Waals surface area contributed by atoms with Crippen LogP contribution in [0.1, 0.15) is 13.8 Å². The lowest BCUT2D eigenvalue weighted by Gasteiger charge is -2.18. The molecule has 0 spiro atoms. The van der Waals surface area contributed by atoms with E-state index in [9.17, 15) is 9.59 Å². The van der Waals surface area contributed by atoms with Crippen LogP contribution in [-0.4, -0.2) is 43.3 Å². The predicted octanol–water partition coefficient (Wildman–Crippen LogP) is 1.43. The minimum atomic E-state index is -0.326. The normalized spacial score (nSPS) is 10.9. The van der Waals surface area contributed by atoms with Crippen molar-refractivity contribution in [3.8, 4) is 11.3 Å². The molecule has 0 fully saturated rings. The molecule has 24 heavy (non-hydrogen) atoms. The highest BCUT2D eigenvalue weighted by molar-refractivity contribution is 5.76. The van der Waals surface area contributed by atoms with Gasteiger partial charge >= 0.3 is 0 Å². The Morgan fingerprint density at radius 3 is 2.54 bits per heavy atom. The summed E-state index contributed by atoms with van der Waals surface area (Å²) in [5.74, 6) is -0.123. The van der Waals surface area contributed by atoms with Gasteiger partial charge in [-0.05, 0) is 19.9 Å². The average Bonchev–Trinajstić information content (AvgIpc) is 3.04. The van der Waals surface area contributed by atoms with Crippen LogP contribution in [0.25, 0.3) is 16.8 Å². The fourth-order valence-electron chi connectivity index (χ4n) is 2.61. The van der Waals surface area contributed by atoms with Gasteiger partial charge in [0, 0.05) is 18.7 Å². The van der Waals surface area contributed by atoms with Crippen LogP contribution in [0.2, 0.25) is 0 Å². The van der Waals surface area contributed by atoms with Gasteiger partial charge in [0.2, 0.25) is 5.91 Å². The first-order valence-corrected chi connectivity index (χ1v) is 7.92. The Morgan fingerprint density at radius 2 is 1.88 bits per heavy atom. The maximum atomic E-state index is 12.6. The molecule has 0 atom stereocenters. The topological polar surface area (TPSA) is 72.5 Å². The van der Waals surface area contributed by atoms with Crippen LogP contribution in [0.15, 0.2) is 47.5 Å². The van der Waals surface area contributed by atoms with Gasteiger partial charge in [0.25, 0.3) is 5.56 Å². The lowest BCUT2D eigenvalue weighted by molar-refractivity contribution is -0.131. The molecule has 7 nitrogen and oxygen atoms in total. The first-order chi connectivity index (χ1) is 11.6. The molecule has 0 unspecified atom stereocenters.